The van der Waals surface area contributed by atoms with E-state index in [9.17, 15) is 4.79 Å². The number of amides is 1. The standard InChI is InChI=1S/C15H26N4O2/c1-5-21-15(20)18-8-6-14(10-18)16-7-9-19-13(4)11(2)12(3)17-19/h14,16H,5-10H2,1-4H3. The molecule has 1 aliphatic rings. The van der Waals surface area contributed by atoms with Gasteiger partial charge in [-0.1, -0.05) is 0 Å². The quantitative estimate of drug-likeness (QED) is 0.896. The van der Waals surface area contributed by atoms with Crippen LogP contribution in [0.2, 0.25) is 0 Å². The average molecular weight is 294 g/mol. The van der Waals surface area contributed by atoms with Gasteiger partial charge < -0.3 is 15.0 Å². The maximum atomic E-state index is 11.6. The number of nitrogens with one attached hydrogen (secondary N) is 1. The summed E-state index contributed by atoms with van der Waals surface area (Å²) in [5.41, 5.74) is 3.60. The third kappa shape index (κ3) is 3.75. The Morgan fingerprint density at radius 3 is 2.81 bits per heavy atom. The van der Waals surface area contributed by atoms with Crippen LogP contribution < -0.4 is 5.32 Å². The average Bonchev–Trinajstić information content (AvgIpc) is 3.01. The van der Waals surface area contributed by atoms with E-state index >= 15 is 0 Å². The number of aryl methyl sites for hydroxylation is 1. The SMILES string of the molecule is CCOC(=O)N1CCC(NCCn2nc(C)c(C)c2C)C1. The molecule has 1 fully saturated rings. The van der Waals surface area contributed by atoms with Crippen molar-refractivity contribution >= 4 is 6.09 Å². The summed E-state index contributed by atoms with van der Waals surface area (Å²) in [6.07, 6.45) is 0.783. The minimum Gasteiger partial charge on any atom is -0.450 e. The Labute approximate surface area is 126 Å². The number of likely N-dealkylation sites (tertiary alicyclic amines) is 1. The number of aromatic nitrogens is 2. The van der Waals surface area contributed by atoms with E-state index in [-0.39, 0.29) is 6.09 Å². The van der Waals surface area contributed by atoms with E-state index in [4.69, 9.17) is 4.74 Å². The monoisotopic (exact) mass is 294 g/mol. The first-order chi connectivity index (χ1) is 10.0. The first-order valence-corrected chi connectivity index (χ1v) is 7.68. The normalized spacial score (nSPS) is 18.3. The number of carbonyl (C=O) groups is 1. The first-order valence-electron chi connectivity index (χ1n) is 7.68. The minimum absolute atomic E-state index is 0.198. The largest absolute Gasteiger partial charge is 0.450 e. The Kier molecular flexibility index (Phi) is 5.22. The predicted molar refractivity (Wildman–Crippen MR) is 81.4 cm³/mol. The molecule has 1 aliphatic heterocycles. The van der Waals surface area contributed by atoms with Crippen molar-refractivity contribution in [2.24, 2.45) is 0 Å². The smallest absolute Gasteiger partial charge is 0.409 e. The third-order valence-electron chi connectivity index (χ3n) is 4.21. The third-order valence-corrected chi connectivity index (χ3v) is 4.21. The molecule has 1 saturated heterocycles. The molecule has 1 amide bonds. The van der Waals surface area contributed by atoms with Crippen LogP contribution in [0.3, 0.4) is 0 Å². The van der Waals surface area contributed by atoms with Gasteiger partial charge in [-0.15, -0.1) is 0 Å². The second kappa shape index (κ2) is 6.93. The van der Waals surface area contributed by atoms with Gasteiger partial charge in [0.05, 0.1) is 18.8 Å². The molecule has 1 aromatic rings. The molecule has 6 heteroatoms. The summed E-state index contributed by atoms with van der Waals surface area (Å²) in [6.45, 7) is 11.7. The van der Waals surface area contributed by atoms with E-state index in [0.29, 0.717) is 12.6 Å². The molecule has 0 bridgehead atoms. The van der Waals surface area contributed by atoms with Gasteiger partial charge >= 0.3 is 6.09 Å². The molecule has 0 aliphatic carbocycles. The van der Waals surface area contributed by atoms with Gasteiger partial charge in [0.2, 0.25) is 0 Å². The Morgan fingerprint density at radius 2 is 2.19 bits per heavy atom. The number of ether oxygens (including phenoxy) is 1. The molecule has 1 aromatic heterocycles. The van der Waals surface area contributed by atoms with Gasteiger partial charge in [-0.2, -0.15) is 5.10 Å². The fourth-order valence-corrected chi connectivity index (χ4v) is 2.69. The molecule has 0 aromatic carbocycles. The lowest BCUT2D eigenvalue weighted by atomic mass is 10.2. The maximum Gasteiger partial charge on any atom is 0.409 e. The van der Waals surface area contributed by atoms with E-state index in [2.05, 4.69) is 28.9 Å². The second-order valence-electron chi connectivity index (χ2n) is 5.60. The molecular formula is C15H26N4O2. The second-order valence-corrected chi connectivity index (χ2v) is 5.60. The van der Waals surface area contributed by atoms with E-state index in [1.165, 1.54) is 11.3 Å². The fourth-order valence-electron chi connectivity index (χ4n) is 2.69. The lowest BCUT2D eigenvalue weighted by Crippen LogP contribution is -2.36. The lowest BCUT2D eigenvalue weighted by Gasteiger charge is -2.16. The van der Waals surface area contributed by atoms with Crippen LogP contribution in [0.25, 0.3) is 0 Å². The molecule has 2 rings (SSSR count). The number of carbonyl (C=O) groups excluding carboxylic acids is 1. The molecule has 0 saturated carbocycles. The van der Waals surface area contributed by atoms with E-state index in [1.54, 1.807) is 4.90 Å². The van der Waals surface area contributed by atoms with Crippen molar-refractivity contribution in [1.29, 1.82) is 0 Å². The lowest BCUT2D eigenvalue weighted by molar-refractivity contribution is 0.115. The Morgan fingerprint density at radius 1 is 1.43 bits per heavy atom. The summed E-state index contributed by atoms with van der Waals surface area (Å²) in [6, 6.07) is 0.354. The van der Waals surface area contributed by atoms with Gasteiger partial charge in [-0.25, -0.2) is 4.79 Å². The van der Waals surface area contributed by atoms with Gasteiger partial charge in [0.15, 0.2) is 0 Å². The van der Waals surface area contributed by atoms with Gasteiger partial charge in [-0.3, -0.25) is 4.68 Å². The summed E-state index contributed by atoms with van der Waals surface area (Å²) in [5, 5.41) is 8.04. The van der Waals surface area contributed by atoms with Crippen LogP contribution in [0, 0.1) is 20.8 Å². The predicted octanol–water partition coefficient (Wildman–Crippen LogP) is 1.63. The van der Waals surface area contributed by atoms with Crippen molar-refractivity contribution in [3.8, 4) is 0 Å². The summed E-state index contributed by atoms with van der Waals surface area (Å²) in [7, 11) is 0. The van der Waals surface area contributed by atoms with Crippen LogP contribution in [0.1, 0.15) is 30.3 Å². The zero-order valence-corrected chi connectivity index (χ0v) is 13.5. The van der Waals surface area contributed by atoms with Crippen molar-refractivity contribution in [3.63, 3.8) is 0 Å². The molecule has 0 radical (unpaired) electrons. The van der Waals surface area contributed by atoms with Gasteiger partial charge in [0.25, 0.3) is 0 Å². The van der Waals surface area contributed by atoms with E-state index in [1.807, 2.05) is 13.8 Å². The highest BCUT2D eigenvalue weighted by Gasteiger charge is 2.26. The zero-order chi connectivity index (χ0) is 15.4. The van der Waals surface area contributed by atoms with E-state index < -0.39 is 0 Å². The number of hydrogen-bond donors (Lipinski definition) is 1. The highest BCUT2D eigenvalue weighted by molar-refractivity contribution is 5.68. The van der Waals surface area contributed by atoms with Crippen molar-refractivity contribution in [2.75, 3.05) is 26.2 Å². The molecule has 0 spiro atoms. The maximum absolute atomic E-state index is 11.6. The molecular weight excluding hydrogens is 268 g/mol. The summed E-state index contributed by atoms with van der Waals surface area (Å²) < 4.78 is 7.08. The van der Waals surface area contributed by atoms with Gasteiger partial charge in [0, 0.05) is 31.4 Å². The topological polar surface area (TPSA) is 59.4 Å². The highest BCUT2D eigenvalue weighted by atomic mass is 16.6. The van der Waals surface area contributed by atoms with Gasteiger partial charge in [-0.05, 0) is 39.7 Å². The van der Waals surface area contributed by atoms with Crippen LogP contribution in [0.4, 0.5) is 4.79 Å². The van der Waals surface area contributed by atoms with Crippen LogP contribution in [-0.2, 0) is 11.3 Å². The van der Waals surface area contributed by atoms with Crippen LogP contribution in [0.5, 0.6) is 0 Å². The van der Waals surface area contributed by atoms with Crippen molar-refractivity contribution in [2.45, 2.75) is 46.7 Å². The highest BCUT2D eigenvalue weighted by Crippen LogP contribution is 2.12. The molecule has 1 N–H and O–H groups in total. The molecule has 1 unspecified atom stereocenters. The first kappa shape index (κ1) is 15.8. The Hall–Kier alpha value is -1.56. The molecule has 21 heavy (non-hydrogen) atoms. The molecule has 6 nitrogen and oxygen atoms in total. The Balaban J connectivity index is 1.75. The molecule has 118 valence electrons. The summed E-state index contributed by atoms with van der Waals surface area (Å²) >= 11 is 0. The Bertz CT molecular complexity index is 498. The van der Waals surface area contributed by atoms with Crippen LogP contribution in [-0.4, -0.2) is 53.1 Å². The molecule has 2 heterocycles. The zero-order valence-electron chi connectivity index (χ0n) is 13.5. The van der Waals surface area contributed by atoms with Crippen molar-refractivity contribution < 1.29 is 9.53 Å². The van der Waals surface area contributed by atoms with E-state index in [0.717, 1.165) is 38.3 Å². The minimum atomic E-state index is -0.198. The van der Waals surface area contributed by atoms with Gasteiger partial charge in [0.1, 0.15) is 0 Å². The summed E-state index contributed by atoms with van der Waals surface area (Å²) in [4.78, 5) is 13.4. The van der Waals surface area contributed by atoms with Crippen molar-refractivity contribution in [3.05, 3.63) is 17.0 Å². The number of nitrogens with zero attached hydrogens (tertiary/aromatic N) is 3. The van der Waals surface area contributed by atoms with Crippen LogP contribution in [0.15, 0.2) is 0 Å². The molecule has 1 atom stereocenters. The number of rotatable bonds is 5. The van der Waals surface area contributed by atoms with Crippen LogP contribution >= 0.6 is 0 Å². The number of hydrogen-bond acceptors (Lipinski definition) is 4. The fraction of sp³-hybridized carbons (Fsp3) is 0.733. The van der Waals surface area contributed by atoms with Crippen molar-refractivity contribution in [1.82, 2.24) is 20.0 Å². The summed E-state index contributed by atoms with van der Waals surface area (Å²) in [5.74, 6) is 0.